The third-order valence-electron chi connectivity index (χ3n) is 3.06. The maximum atomic E-state index is 8.49. The van der Waals surface area contributed by atoms with Crippen molar-refractivity contribution in [1.82, 2.24) is 4.57 Å². The fourth-order valence-electron chi connectivity index (χ4n) is 2.33. The lowest BCUT2D eigenvalue weighted by atomic mass is 10.2. The summed E-state index contributed by atoms with van der Waals surface area (Å²) < 4.78 is 2.15. The summed E-state index contributed by atoms with van der Waals surface area (Å²) in [7, 11) is 0. The zero-order valence-electron chi connectivity index (χ0n) is 9.72. The van der Waals surface area contributed by atoms with Crippen LogP contribution in [0.15, 0.2) is 48.5 Å². The second-order valence-electron chi connectivity index (χ2n) is 4.03. The van der Waals surface area contributed by atoms with Gasteiger partial charge in [-0.3, -0.25) is 0 Å². The summed E-state index contributed by atoms with van der Waals surface area (Å²) in [6.45, 7) is 0.543. The van der Waals surface area contributed by atoms with Gasteiger partial charge in [-0.15, -0.1) is 0 Å². The number of hydrogen-bond donors (Lipinski definition) is 0. The van der Waals surface area contributed by atoms with Gasteiger partial charge in [-0.25, -0.2) is 0 Å². The molecule has 3 aromatic rings. The van der Waals surface area contributed by atoms with Crippen molar-refractivity contribution in [2.24, 2.45) is 0 Å². The Balaban J connectivity index is 2.35. The highest BCUT2D eigenvalue weighted by atomic mass is 15.0. The third kappa shape index (κ3) is 1.52. The van der Waals surface area contributed by atoms with Crippen LogP contribution in [0.4, 0.5) is 0 Å². The lowest BCUT2D eigenvalue weighted by molar-refractivity contribution is 0.923. The number of rotatable bonds is 1. The van der Waals surface area contributed by atoms with Gasteiger partial charge in [-0.2, -0.15) is 5.26 Å². The summed E-state index contributed by atoms with van der Waals surface area (Å²) in [5, 5.41) is 10.9. The number of hydrogen-bond acceptors (Lipinski definition) is 1. The minimum Gasteiger partial charge on any atom is -0.329 e. The Bertz CT molecular complexity index is 770. The van der Waals surface area contributed by atoms with Crippen molar-refractivity contribution in [2.45, 2.75) is 6.54 Å². The van der Waals surface area contributed by atoms with Crippen LogP contribution in [0.2, 0.25) is 0 Å². The van der Waals surface area contributed by atoms with Crippen LogP contribution in [0.1, 0.15) is 0 Å². The van der Waals surface area contributed by atoms with E-state index in [1.807, 2.05) is 30.3 Å². The van der Waals surface area contributed by atoms with Gasteiger partial charge in [0.05, 0.1) is 6.54 Å². The molecule has 0 aliphatic rings. The van der Waals surface area contributed by atoms with Crippen molar-refractivity contribution in [3.05, 3.63) is 48.5 Å². The quantitative estimate of drug-likeness (QED) is 0.589. The Labute approximate surface area is 105 Å². The molecular formula is C16H10N2. The van der Waals surface area contributed by atoms with Gasteiger partial charge in [-0.1, -0.05) is 42.3 Å². The smallest absolute Gasteiger partial charge is 0.152 e. The Kier molecular flexibility index (Phi) is 2.48. The van der Waals surface area contributed by atoms with Crippen molar-refractivity contribution >= 4 is 21.8 Å². The van der Waals surface area contributed by atoms with E-state index in [9.17, 15) is 0 Å². The molecule has 0 spiro atoms. The molecule has 3 rings (SSSR count). The lowest BCUT2D eigenvalue weighted by Crippen LogP contribution is -1.94. The van der Waals surface area contributed by atoms with Crippen LogP contribution in [0.5, 0.6) is 0 Å². The minimum absolute atomic E-state index is 0.543. The molecule has 1 aromatic heterocycles. The largest absolute Gasteiger partial charge is 0.329 e. The molecule has 0 saturated carbocycles. The highest BCUT2D eigenvalue weighted by molar-refractivity contribution is 6.07. The Hall–Kier alpha value is -2.71. The SMILES string of the molecule is N#CC#CCn1c2ccccc2c2ccccc21. The molecule has 2 aromatic carbocycles. The zero-order valence-corrected chi connectivity index (χ0v) is 9.72. The molecule has 0 amide bonds. The highest BCUT2D eigenvalue weighted by Gasteiger charge is 2.07. The molecule has 0 radical (unpaired) electrons. The first-order valence-corrected chi connectivity index (χ1v) is 5.75. The number of para-hydroxylation sites is 2. The number of nitrogens with zero attached hydrogens (tertiary/aromatic N) is 2. The number of aromatic nitrogens is 1. The van der Waals surface area contributed by atoms with E-state index in [-0.39, 0.29) is 0 Å². The van der Waals surface area contributed by atoms with Gasteiger partial charge in [0.1, 0.15) is 0 Å². The van der Waals surface area contributed by atoms with Crippen LogP contribution in [-0.4, -0.2) is 4.57 Å². The van der Waals surface area contributed by atoms with Gasteiger partial charge in [0.25, 0.3) is 0 Å². The molecule has 0 N–H and O–H groups in total. The molecule has 0 unspecified atom stereocenters. The number of fused-ring (bicyclic) bond motifs is 3. The molecule has 84 valence electrons. The van der Waals surface area contributed by atoms with E-state index < -0.39 is 0 Å². The van der Waals surface area contributed by atoms with Crippen LogP contribution in [0, 0.1) is 23.2 Å². The molecule has 0 aliphatic carbocycles. The molecule has 2 heteroatoms. The number of benzene rings is 2. The summed E-state index contributed by atoms with van der Waals surface area (Å²) >= 11 is 0. The summed E-state index contributed by atoms with van der Waals surface area (Å²) in [5.74, 6) is 5.32. The van der Waals surface area contributed by atoms with Gasteiger partial charge in [0, 0.05) is 27.7 Å². The fraction of sp³-hybridized carbons (Fsp3) is 0.0625. The zero-order chi connectivity index (χ0) is 12.4. The summed E-state index contributed by atoms with van der Waals surface area (Å²) in [6, 6.07) is 18.4. The third-order valence-corrected chi connectivity index (χ3v) is 3.06. The van der Waals surface area contributed by atoms with Crippen molar-refractivity contribution in [2.75, 3.05) is 0 Å². The van der Waals surface area contributed by atoms with Crippen LogP contribution in [-0.2, 0) is 6.54 Å². The second-order valence-corrected chi connectivity index (χ2v) is 4.03. The average molecular weight is 230 g/mol. The number of nitriles is 1. The van der Waals surface area contributed by atoms with E-state index in [0.717, 1.165) is 11.0 Å². The van der Waals surface area contributed by atoms with Crippen molar-refractivity contribution < 1.29 is 0 Å². The van der Waals surface area contributed by atoms with Crippen LogP contribution >= 0.6 is 0 Å². The van der Waals surface area contributed by atoms with E-state index in [1.165, 1.54) is 10.8 Å². The Morgan fingerprint density at radius 2 is 1.44 bits per heavy atom. The second kappa shape index (κ2) is 4.28. The van der Waals surface area contributed by atoms with Gasteiger partial charge in [-0.05, 0) is 12.1 Å². The van der Waals surface area contributed by atoms with E-state index >= 15 is 0 Å². The monoisotopic (exact) mass is 230 g/mol. The Morgan fingerprint density at radius 3 is 2.00 bits per heavy atom. The predicted molar refractivity (Wildman–Crippen MR) is 72.8 cm³/mol. The Morgan fingerprint density at radius 1 is 0.889 bits per heavy atom. The van der Waals surface area contributed by atoms with E-state index in [1.54, 1.807) is 0 Å². The van der Waals surface area contributed by atoms with Crippen molar-refractivity contribution in [3.8, 4) is 17.9 Å². The molecule has 0 fully saturated rings. The standard InChI is InChI=1S/C16H10N2/c17-11-5-6-12-18-15-9-3-1-7-13(15)14-8-2-4-10-16(14)18/h1-4,7-10H,12H2. The topological polar surface area (TPSA) is 28.7 Å². The van der Waals surface area contributed by atoms with E-state index in [0.29, 0.717) is 6.54 Å². The summed E-state index contributed by atoms with van der Waals surface area (Å²) in [6.07, 6.45) is 0. The first kappa shape index (κ1) is 10.4. The van der Waals surface area contributed by atoms with Crippen LogP contribution in [0.3, 0.4) is 0 Å². The highest BCUT2D eigenvalue weighted by Crippen LogP contribution is 2.28. The van der Waals surface area contributed by atoms with E-state index in [4.69, 9.17) is 5.26 Å². The molecule has 0 bridgehead atoms. The first-order valence-electron chi connectivity index (χ1n) is 5.75. The molecule has 0 atom stereocenters. The molecule has 2 nitrogen and oxygen atoms in total. The lowest BCUT2D eigenvalue weighted by Gasteiger charge is -2.01. The normalized spacial score (nSPS) is 9.94. The molecule has 0 aliphatic heterocycles. The van der Waals surface area contributed by atoms with Crippen molar-refractivity contribution in [1.29, 1.82) is 5.26 Å². The van der Waals surface area contributed by atoms with Gasteiger partial charge in [0.15, 0.2) is 6.07 Å². The van der Waals surface area contributed by atoms with E-state index in [2.05, 4.69) is 40.7 Å². The van der Waals surface area contributed by atoms with Gasteiger partial charge in [0.2, 0.25) is 0 Å². The van der Waals surface area contributed by atoms with Crippen LogP contribution < -0.4 is 0 Å². The predicted octanol–water partition coefficient (Wildman–Crippen LogP) is 3.32. The maximum absolute atomic E-state index is 8.49. The molecule has 1 heterocycles. The maximum Gasteiger partial charge on any atom is 0.152 e. The van der Waals surface area contributed by atoms with Gasteiger partial charge < -0.3 is 4.57 Å². The molecule has 0 saturated heterocycles. The minimum atomic E-state index is 0.543. The van der Waals surface area contributed by atoms with Crippen LogP contribution in [0.25, 0.3) is 21.8 Å². The summed E-state index contributed by atoms with van der Waals surface area (Å²) in [5.41, 5.74) is 2.32. The van der Waals surface area contributed by atoms with Crippen molar-refractivity contribution in [3.63, 3.8) is 0 Å². The fourth-order valence-corrected chi connectivity index (χ4v) is 2.33. The first-order chi connectivity index (χ1) is 8.92. The average Bonchev–Trinajstić information content (AvgIpc) is 2.74. The molecule has 18 heavy (non-hydrogen) atoms. The molecular weight excluding hydrogens is 220 g/mol. The van der Waals surface area contributed by atoms with Gasteiger partial charge >= 0.3 is 0 Å². The summed E-state index contributed by atoms with van der Waals surface area (Å²) in [4.78, 5) is 0.